The van der Waals surface area contributed by atoms with E-state index < -0.39 is 0 Å². The lowest BCUT2D eigenvalue weighted by atomic mass is 9.93. The summed E-state index contributed by atoms with van der Waals surface area (Å²) in [4.78, 5) is 0. The monoisotopic (exact) mass is 247 g/mol. The van der Waals surface area contributed by atoms with E-state index in [1.165, 1.54) is 30.4 Å². The lowest BCUT2D eigenvalue weighted by Crippen LogP contribution is -2.35. The van der Waals surface area contributed by atoms with Gasteiger partial charge in [-0.2, -0.15) is 0 Å². The number of hydrogen-bond donors (Lipinski definition) is 1. The largest absolute Gasteiger partial charge is 0.454 e. The van der Waals surface area contributed by atoms with E-state index in [0.29, 0.717) is 12.8 Å². The minimum absolute atomic E-state index is 0.369. The normalized spacial score (nSPS) is 22.2. The van der Waals surface area contributed by atoms with E-state index in [2.05, 4.69) is 24.4 Å². The van der Waals surface area contributed by atoms with Crippen molar-refractivity contribution in [3.63, 3.8) is 0 Å². The van der Waals surface area contributed by atoms with E-state index >= 15 is 0 Å². The van der Waals surface area contributed by atoms with Crippen molar-refractivity contribution in [2.75, 3.05) is 13.3 Å². The van der Waals surface area contributed by atoms with Crippen LogP contribution in [0.1, 0.15) is 37.3 Å². The smallest absolute Gasteiger partial charge is 0.231 e. The maximum Gasteiger partial charge on any atom is 0.231 e. The molecule has 0 spiro atoms. The van der Waals surface area contributed by atoms with Crippen molar-refractivity contribution in [1.82, 2.24) is 5.32 Å². The molecule has 1 aromatic rings. The standard InChI is InChI=1S/C15H21NO2/c1-2-13-11(9-12-5-3-4-8-16-12)6-7-14-15(13)18-10-17-14/h6-7,12,16H,2-5,8-10H2,1H3. The molecule has 2 aliphatic heterocycles. The third-order valence-electron chi connectivity index (χ3n) is 3.97. The van der Waals surface area contributed by atoms with Gasteiger partial charge in [0.05, 0.1) is 0 Å². The van der Waals surface area contributed by atoms with Crippen molar-refractivity contribution in [2.45, 2.75) is 45.1 Å². The third-order valence-corrected chi connectivity index (χ3v) is 3.97. The summed E-state index contributed by atoms with van der Waals surface area (Å²) in [7, 11) is 0. The van der Waals surface area contributed by atoms with Gasteiger partial charge >= 0.3 is 0 Å². The van der Waals surface area contributed by atoms with E-state index in [1.54, 1.807) is 0 Å². The molecule has 1 unspecified atom stereocenters. The second-order valence-corrected chi connectivity index (χ2v) is 5.14. The lowest BCUT2D eigenvalue weighted by Gasteiger charge is -2.24. The molecule has 1 aromatic carbocycles. The lowest BCUT2D eigenvalue weighted by molar-refractivity contribution is 0.173. The molecular formula is C15H21NO2. The first-order valence-corrected chi connectivity index (χ1v) is 7.02. The van der Waals surface area contributed by atoms with Crippen molar-refractivity contribution in [3.05, 3.63) is 23.3 Å². The Morgan fingerprint density at radius 3 is 3.00 bits per heavy atom. The minimum Gasteiger partial charge on any atom is -0.454 e. The molecule has 2 heterocycles. The van der Waals surface area contributed by atoms with Gasteiger partial charge in [0, 0.05) is 11.6 Å². The Labute approximate surface area is 108 Å². The Kier molecular flexibility index (Phi) is 3.41. The summed E-state index contributed by atoms with van der Waals surface area (Å²) in [5, 5.41) is 3.61. The van der Waals surface area contributed by atoms with Crippen LogP contribution in [0.25, 0.3) is 0 Å². The van der Waals surface area contributed by atoms with Gasteiger partial charge in [0.2, 0.25) is 6.79 Å². The molecule has 3 nitrogen and oxygen atoms in total. The number of hydrogen-bond acceptors (Lipinski definition) is 3. The van der Waals surface area contributed by atoms with E-state index in [9.17, 15) is 0 Å². The van der Waals surface area contributed by atoms with Gasteiger partial charge in [-0.15, -0.1) is 0 Å². The quantitative estimate of drug-likeness (QED) is 0.890. The zero-order valence-electron chi connectivity index (χ0n) is 11.0. The average Bonchev–Trinajstić information content (AvgIpc) is 2.88. The van der Waals surface area contributed by atoms with Crippen LogP contribution in [-0.4, -0.2) is 19.4 Å². The van der Waals surface area contributed by atoms with Crippen LogP contribution in [0.5, 0.6) is 11.5 Å². The molecule has 0 radical (unpaired) electrons. The minimum atomic E-state index is 0.369. The highest BCUT2D eigenvalue weighted by molar-refractivity contribution is 5.52. The Morgan fingerprint density at radius 2 is 2.22 bits per heavy atom. The summed E-state index contributed by atoms with van der Waals surface area (Å²) >= 11 is 0. The maximum atomic E-state index is 5.61. The zero-order valence-corrected chi connectivity index (χ0v) is 11.0. The summed E-state index contributed by atoms with van der Waals surface area (Å²) < 4.78 is 11.1. The number of piperidine rings is 1. The van der Waals surface area contributed by atoms with Crippen LogP contribution >= 0.6 is 0 Å². The fourth-order valence-corrected chi connectivity index (χ4v) is 3.01. The summed E-state index contributed by atoms with van der Waals surface area (Å²) in [6.45, 7) is 3.72. The second kappa shape index (κ2) is 5.19. The van der Waals surface area contributed by atoms with E-state index in [-0.39, 0.29) is 0 Å². The third kappa shape index (κ3) is 2.19. The summed E-state index contributed by atoms with van der Waals surface area (Å²) in [6, 6.07) is 4.90. The van der Waals surface area contributed by atoms with Crippen LogP contribution in [-0.2, 0) is 12.8 Å². The molecule has 1 fully saturated rings. The predicted octanol–water partition coefficient (Wildman–Crippen LogP) is 2.66. The number of fused-ring (bicyclic) bond motifs is 1. The molecule has 1 saturated heterocycles. The highest BCUT2D eigenvalue weighted by atomic mass is 16.7. The van der Waals surface area contributed by atoms with Gasteiger partial charge in [-0.1, -0.05) is 19.4 Å². The van der Waals surface area contributed by atoms with Crippen molar-refractivity contribution in [2.24, 2.45) is 0 Å². The van der Waals surface area contributed by atoms with Crippen LogP contribution in [0, 0.1) is 0 Å². The fourth-order valence-electron chi connectivity index (χ4n) is 3.01. The number of nitrogens with one attached hydrogen (secondary N) is 1. The van der Waals surface area contributed by atoms with E-state index in [0.717, 1.165) is 30.9 Å². The van der Waals surface area contributed by atoms with Crippen LogP contribution in [0.2, 0.25) is 0 Å². The fraction of sp³-hybridized carbons (Fsp3) is 0.600. The van der Waals surface area contributed by atoms with Gasteiger partial charge in [0.1, 0.15) is 0 Å². The molecule has 1 atom stereocenters. The molecule has 0 bridgehead atoms. The Hall–Kier alpha value is -1.22. The number of ether oxygens (including phenoxy) is 2. The summed E-state index contributed by atoms with van der Waals surface area (Å²) in [5.74, 6) is 1.89. The number of benzene rings is 1. The van der Waals surface area contributed by atoms with Gasteiger partial charge in [-0.05, 0) is 43.9 Å². The Morgan fingerprint density at radius 1 is 1.28 bits per heavy atom. The summed E-state index contributed by atoms with van der Waals surface area (Å²) in [6.07, 6.45) is 6.08. The summed E-state index contributed by atoms with van der Waals surface area (Å²) in [5.41, 5.74) is 2.75. The molecule has 2 aliphatic rings. The highest BCUT2D eigenvalue weighted by Gasteiger charge is 2.21. The van der Waals surface area contributed by atoms with E-state index in [1.807, 2.05) is 0 Å². The molecule has 98 valence electrons. The van der Waals surface area contributed by atoms with Crippen molar-refractivity contribution in [3.8, 4) is 11.5 Å². The molecule has 0 saturated carbocycles. The van der Waals surface area contributed by atoms with Crippen molar-refractivity contribution < 1.29 is 9.47 Å². The van der Waals surface area contributed by atoms with Gasteiger partial charge in [-0.3, -0.25) is 0 Å². The van der Waals surface area contributed by atoms with Crippen LogP contribution in [0.3, 0.4) is 0 Å². The number of rotatable bonds is 3. The average molecular weight is 247 g/mol. The van der Waals surface area contributed by atoms with Crippen molar-refractivity contribution in [1.29, 1.82) is 0 Å². The first kappa shape index (κ1) is 11.8. The molecule has 3 rings (SSSR count). The van der Waals surface area contributed by atoms with Gasteiger partial charge in [0.25, 0.3) is 0 Å². The Bertz CT molecular complexity index is 425. The predicted molar refractivity (Wildman–Crippen MR) is 71.3 cm³/mol. The molecule has 18 heavy (non-hydrogen) atoms. The molecular weight excluding hydrogens is 226 g/mol. The SMILES string of the molecule is CCc1c(CC2CCCCN2)ccc2c1OCO2. The molecule has 0 aliphatic carbocycles. The molecule has 1 N–H and O–H groups in total. The molecule has 3 heteroatoms. The van der Waals surface area contributed by atoms with Crippen LogP contribution < -0.4 is 14.8 Å². The first-order chi connectivity index (χ1) is 8.88. The molecule has 0 aromatic heterocycles. The molecule has 0 amide bonds. The topological polar surface area (TPSA) is 30.5 Å². The zero-order chi connectivity index (χ0) is 12.4. The second-order valence-electron chi connectivity index (χ2n) is 5.14. The van der Waals surface area contributed by atoms with Gasteiger partial charge in [0.15, 0.2) is 11.5 Å². The van der Waals surface area contributed by atoms with Gasteiger partial charge in [-0.25, -0.2) is 0 Å². The highest BCUT2D eigenvalue weighted by Crippen LogP contribution is 2.38. The van der Waals surface area contributed by atoms with Crippen LogP contribution in [0.15, 0.2) is 12.1 Å². The maximum absolute atomic E-state index is 5.61. The van der Waals surface area contributed by atoms with Crippen molar-refractivity contribution >= 4 is 0 Å². The van der Waals surface area contributed by atoms with Gasteiger partial charge < -0.3 is 14.8 Å². The van der Waals surface area contributed by atoms with Crippen LogP contribution in [0.4, 0.5) is 0 Å². The van der Waals surface area contributed by atoms with E-state index in [4.69, 9.17) is 9.47 Å². The first-order valence-electron chi connectivity index (χ1n) is 7.02. The Balaban J connectivity index is 1.82.